The summed E-state index contributed by atoms with van der Waals surface area (Å²) in [4.78, 5) is 24.2. The molecule has 2 amide bonds. The van der Waals surface area contributed by atoms with Gasteiger partial charge in [-0.1, -0.05) is 48.0 Å². The molecule has 0 heterocycles. The molecule has 0 bridgehead atoms. The van der Waals surface area contributed by atoms with Crippen molar-refractivity contribution in [2.24, 2.45) is 0 Å². The summed E-state index contributed by atoms with van der Waals surface area (Å²) < 4.78 is 5.47. The van der Waals surface area contributed by atoms with E-state index in [1.54, 1.807) is 48.5 Å². The maximum atomic E-state index is 12.2. The molecule has 148 valence electrons. The summed E-state index contributed by atoms with van der Waals surface area (Å²) in [5, 5.41) is 6.14. The van der Waals surface area contributed by atoms with Crippen molar-refractivity contribution < 1.29 is 14.3 Å². The molecule has 0 saturated heterocycles. The van der Waals surface area contributed by atoms with Crippen molar-refractivity contribution in [3.8, 4) is 5.75 Å². The van der Waals surface area contributed by atoms with E-state index in [0.29, 0.717) is 28.6 Å². The molecule has 0 saturated carbocycles. The fourth-order valence-electron chi connectivity index (χ4n) is 2.68. The van der Waals surface area contributed by atoms with Crippen LogP contribution in [-0.2, 0) is 11.2 Å². The number of halogens is 1. The SMILES string of the molecule is O=C(COc1ccc(C(=O)NCCc2ccccc2)cc1)Nc1cccc(Cl)c1. The maximum Gasteiger partial charge on any atom is 0.262 e. The van der Waals surface area contributed by atoms with Crippen LogP contribution >= 0.6 is 11.6 Å². The summed E-state index contributed by atoms with van der Waals surface area (Å²) in [7, 11) is 0. The second kappa shape index (κ2) is 10.3. The minimum atomic E-state index is -0.296. The number of anilines is 1. The molecular weight excluding hydrogens is 388 g/mol. The first-order chi connectivity index (χ1) is 14.1. The van der Waals surface area contributed by atoms with Gasteiger partial charge in [0, 0.05) is 22.8 Å². The Morgan fingerprint density at radius 3 is 2.38 bits per heavy atom. The van der Waals surface area contributed by atoms with Crippen LogP contribution in [-0.4, -0.2) is 25.0 Å². The van der Waals surface area contributed by atoms with E-state index in [1.165, 1.54) is 5.56 Å². The summed E-state index contributed by atoms with van der Waals surface area (Å²) in [6, 6.07) is 23.5. The number of nitrogens with one attached hydrogen (secondary N) is 2. The van der Waals surface area contributed by atoms with Gasteiger partial charge in [-0.2, -0.15) is 0 Å². The Morgan fingerprint density at radius 1 is 0.897 bits per heavy atom. The molecule has 3 rings (SSSR count). The predicted octanol–water partition coefficient (Wildman–Crippen LogP) is 4.33. The third kappa shape index (κ3) is 6.66. The normalized spacial score (nSPS) is 10.2. The monoisotopic (exact) mass is 408 g/mol. The first-order valence-corrected chi connectivity index (χ1v) is 9.58. The van der Waals surface area contributed by atoms with E-state index in [0.717, 1.165) is 6.42 Å². The van der Waals surface area contributed by atoms with Gasteiger partial charge < -0.3 is 15.4 Å². The van der Waals surface area contributed by atoms with E-state index in [2.05, 4.69) is 10.6 Å². The Labute approximate surface area is 174 Å². The number of carbonyl (C=O) groups is 2. The Kier molecular flexibility index (Phi) is 7.25. The Hall–Kier alpha value is -3.31. The van der Waals surface area contributed by atoms with Gasteiger partial charge in [0.25, 0.3) is 11.8 Å². The summed E-state index contributed by atoms with van der Waals surface area (Å²) in [6.07, 6.45) is 0.773. The van der Waals surface area contributed by atoms with Crippen LogP contribution in [0.4, 0.5) is 5.69 Å². The fraction of sp³-hybridized carbons (Fsp3) is 0.130. The number of amides is 2. The Balaban J connectivity index is 1.43. The zero-order valence-electron chi connectivity index (χ0n) is 15.7. The standard InChI is InChI=1S/C23H21ClN2O3/c24-19-7-4-8-20(15-19)26-22(27)16-29-21-11-9-18(10-12-21)23(28)25-14-13-17-5-2-1-3-6-17/h1-12,15H,13-14,16H2,(H,25,28)(H,26,27). The van der Waals surface area contributed by atoms with Gasteiger partial charge in [-0.25, -0.2) is 0 Å². The number of hydrogen-bond acceptors (Lipinski definition) is 3. The fourth-order valence-corrected chi connectivity index (χ4v) is 2.87. The molecule has 0 aromatic heterocycles. The molecule has 29 heavy (non-hydrogen) atoms. The zero-order chi connectivity index (χ0) is 20.5. The number of carbonyl (C=O) groups excluding carboxylic acids is 2. The molecule has 2 N–H and O–H groups in total. The minimum absolute atomic E-state index is 0.144. The van der Waals surface area contributed by atoms with Crippen molar-refractivity contribution in [3.63, 3.8) is 0 Å². The third-order valence-corrected chi connectivity index (χ3v) is 4.37. The maximum absolute atomic E-state index is 12.2. The highest BCUT2D eigenvalue weighted by molar-refractivity contribution is 6.30. The van der Waals surface area contributed by atoms with E-state index in [-0.39, 0.29) is 18.4 Å². The lowest BCUT2D eigenvalue weighted by Gasteiger charge is -2.09. The molecule has 0 fully saturated rings. The van der Waals surface area contributed by atoms with Gasteiger partial charge in [0.05, 0.1) is 0 Å². The van der Waals surface area contributed by atoms with Crippen molar-refractivity contribution in [2.45, 2.75) is 6.42 Å². The van der Waals surface area contributed by atoms with Gasteiger partial charge in [0.2, 0.25) is 0 Å². The summed E-state index contributed by atoms with van der Waals surface area (Å²) in [5.74, 6) is 0.0632. The van der Waals surface area contributed by atoms with Crippen LogP contribution < -0.4 is 15.4 Å². The molecule has 6 heteroatoms. The molecule has 3 aromatic rings. The second-order valence-electron chi connectivity index (χ2n) is 6.36. The predicted molar refractivity (Wildman–Crippen MR) is 114 cm³/mol. The highest BCUT2D eigenvalue weighted by atomic mass is 35.5. The largest absolute Gasteiger partial charge is 0.484 e. The second-order valence-corrected chi connectivity index (χ2v) is 6.80. The van der Waals surface area contributed by atoms with Crippen LogP contribution in [0.3, 0.4) is 0 Å². The van der Waals surface area contributed by atoms with Crippen LogP contribution in [0.15, 0.2) is 78.9 Å². The minimum Gasteiger partial charge on any atom is -0.484 e. The van der Waals surface area contributed by atoms with Crippen LogP contribution in [0.5, 0.6) is 5.75 Å². The van der Waals surface area contributed by atoms with Crippen LogP contribution in [0.1, 0.15) is 15.9 Å². The van der Waals surface area contributed by atoms with E-state index in [1.807, 2.05) is 30.3 Å². The molecule has 0 radical (unpaired) electrons. The average Bonchev–Trinajstić information content (AvgIpc) is 2.73. The Morgan fingerprint density at radius 2 is 1.66 bits per heavy atom. The van der Waals surface area contributed by atoms with Crippen molar-refractivity contribution in [3.05, 3.63) is 95.0 Å². The number of rotatable bonds is 8. The molecule has 0 spiro atoms. The lowest BCUT2D eigenvalue weighted by molar-refractivity contribution is -0.118. The molecular formula is C23H21ClN2O3. The molecule has 5 nitrogen and oxygen atoms in total. The van der Waals surface area contributed by atoms with E-state index in [9.17, 15) is 9.59 Å². The summed E-state index contributed by atoms with van der Waals surface area (Å²) >= 11 is 5.89. The smallest absolute Gasteiger partial charge is 0.262 e. The van der Waals surface area contributed by atoms with Crippen molar-refractivity contribution in [1.82, 2.24) is 5.32 Å². The van der Waals surface area contributed by atoms with E-state index in [4.69, 9.17) is 16.3 Å². The topological polar surface area (TPSA) is 67.4 Å². The molecule has 3 aromatic carbocycles. The first-order valence-electron chi connectivity index (χ1n) is 9.20. The average molecular weight is 409 g/mol. The summed E-state index contributed by atoms with van der Waals surface area (Å²) in [6.45, 7) is 0.417. The van der Waals surface area contributed by atoms with Crippen LogP contribution in [0.2, 0.25) is 5.02 Å². The lowest BCUT2D eigenvalue weighted by atomic mass is 10.1. The van der Waals surface area contributed by atoms with Crippen LogP contribution in [0.25, 0.3) is 0 Å². The van der Waals surface area contributed by atoms with Crippen molar-refractivity contribution >= 4 is 29.1 Å². The molecule has 0 aliphatic carbocycles. The van der Waals surface area contributed by atoms with Gasteiger partial charge in [0.1, 0.15) is 5.75 Å². The van der Waals surface area contributed by atoms with E-state index >= 15 is 0 Å². The van der Waals surface area contributed by atoms with Crippen molar-refractivity contribution in [1.29, 1.82) is 0 Å². The number of ether oxygens (including phenoxy) is 1. The number of hydrogen-bond donors (Lipinski definition) is 2. The lowest BCUT2D eigenvalue weighted by Crippen LogP contribution is -2.25. The molecule has 0 unspecified atom stereocenters. The highest BCUT2D eigenvalue weighted by Crippen LogP contribution is 2.15. The molecule has 0 aliphatic rings. The molecule has 0 aliphatic heterocycles. The highest BCUT2D eigenvalue weighted by Gasteiger charge is 2.07. The van der Waals surface area contributed by atoms with E-state index < -0.39 is 0 Å². The van der Waals surface area contributed by atoms with Gasteiger partial charge in [-0.3, -0.25) is 9.59 Å². The zero-order valence-corrected chi connectivity index (χ0v) is 16.5. The van der Waals surface area contributed by atoms with Gasteiger partial charge in [-0.15, -0.1) is 0 Å². The van der Waals surface area contributed by atoms with Crippen molar-refractivity contribution in [2.75, 3.05) is 18.5 Å². The quantitative estimate of drug-likeness (QED) is 0.583. The third-order valence-electron chi connectivity index (χ3n) is 4.14. The van der Waals surface area contributed by atoms with Gasteiger partial charge >= 0.3 is 0 Å². The molecule has 0 atom stereocenters. The summed E-state index contributed by atoms with van der Waals surface area (Å²) in [5.41, 5.74) is 2.31. The van der Waals surface area contributed by atoms with Crippen LogP contribution in [0, 0.1) is 0 Å². The Bertz CT molecular complexity index is 959. The first kappa shape index (κ1) is 20.4. The van der Waals surface area contributed by atoms with Gasteiger partial charge in [-0.05, 0) is 54.4 Å². The van der Waals surface area contributed by atoms with Gasteiger partial charge in [0.15, 0.2) is 6.61 Å². The number of benzene rings is 3.